The summed E-state index contributed by atoms with van der Waals surface area (Å²) in [5.41, 5.74) is 0. The molecule has 0 unspecified atom stereocenters. The fourth-order valence-electron chi connectivity index (χ4n) is 1.47. The minimum Gasteiger partial charge on any atom is -0.244 e. The molecular formula is C8H18S. The van der Waals surface area contributed by atoms with Gasteiger partial charge in [-0.3, -0.25) is 0 Å². The van der Waals surface area contributed by atoms with Crippen LogP contribution in [-0.4, -0.2) is 23.5 Å². The molecule has 0 aromatic heterocycles. The molecule has 1 heterocycles. The lowest BCUT2D eigenvalue weighted by molar-refractivity contribution is 0.754. The Labute approximate surface area is 60.3 Å². The number of hydrogen-bond acceptors (Lipinski definition) is 0. The predicted octanol–water partition coefficient (Wildman–Crippen LogP) is 2.62. The molecule has 0 amide bonds. The maximum Gasteiger partial charge on any atom is -0.0230 e. The molecule has 1 heteroatoms. The zero-order valence-electron chi connectivity index (χ0n) is 6.65. The zero-order chi connectivity index (χ0) is 6.74. The maximum atomic E-state index is 2.52. The monoisotopic (exact) mass is 146 g/mol. The van der Waals surface area contributed by atoms with Crippen LogP contribution in [0.15, 0.2) is 0 Å². The van der Waals surface area contributed by atoms with Gasteiger partial charge in [0.1, 0.15) is 0 Å². The van der Waals surface area contributed by atoms with Crippen LogP contribution in [-0.2, 0) is 0 Å². The van der Waals surface area contributed by atoms with Gasteiger partial charge >= 0.3 is 0 Å². The highest BCUT2D eigenvalue weighted by atomic mass is 32.3. The molecule has 1 fully saturated rings. The molecule has 1 aliphatic heterocycles. The van der Waals surface area contributed by atoms with Crippen molar-refractivity contribution in [1.29, 1.82) is 0 Å². The average Bonchev–Trinajstić information content (AvgIpc) is 1.90. The summed E-state index contributed by atoms with van der Waals surface area (Å²) in [4.78, 5) is 0. The summed E-state index contributed by atoms with van der Waals surface area (Å²) in [5, 5.41) is 0. The highest BCUT2D eigenvalue weighted by Gasteiger charge is 2.18. The van der Waals surface area contributed by atoms with E-state index in [2.05, 4.69) is 13.2 Å². The third kappa shape index (κ3) is 1.89. The van der Waals surface area contributed by atoms with Crippen molar-refractivity contribution < 1.29 is 0 Å². The number of hydrogen-bond donors (Lipinski definition) is 0. The summed E-state index contributed by atoms with van der Waals surface area (Å²) in [5.74, 6) is 4.58. The summed E-state index contributed by atoms with van der Waals surface area (Å²) in [6.07, 6.45) is 7.05. The third-order valence-corrected chi connectivity index (χ3v) is 6.41. The Morgan fingerprint density at radius 3 is 2.00 bits per heavy atom. The van der Waals surface area contributed by atoms with E-state index in [4.69, 9.17) is 0 Å². The topological polar surface area (TPSA) is 0 Å². The van der Waals surface area contributed by atoms with Crippen LogP contribution >= 0.6 is 10.0 Å². The van der Waals surface area contributed by atoms with E-state index in [-0.39, 0.29) is 10.0 Å². The molecule has 0 aromatic carbocycles. The fourth-order valence-corrected chi connectivity index (χ4v) is 4.05. The Hall–Kier alpha value is 0.350. The lowest BCUT2D eigenvalue weighted by Gasteiger charge is -2.38. The molecule has 0 atom stereocenters. The smallest absolute Gasteiger partial charge is 0.0230 e. The van der Waals surface area contributed by atoms with E-state index in [1.807, 2.05) is 0 Å². The fraction of sp³-hybridized carbons (Fsp3) is 1.00. The Bertz CT molecular complexity index is 82.6. The van der Waals surface area contributed by atoms with Gasteiger partial charge in [0.05, 0.1) is 0 Å². The van der Waals surface area contributed by atoms with Gasteiger partial charge in [0.2, 0.25) is 0 Å². The molecular weight excluding hydrogens is 128 g/mol. The van der Waals surface area contributed by atoms with Crippen molar-refractivity contribution >= 4 is 10.0 Å². The van der Waals surface area contributed by atoms with Gasteiger partial charge in [-0.15, -0.1) is 0 Å². The van der Waals surface area contributed by atoms with Gasteiger partial charge in [0.25, 0.3) is 0 Å². The lowest BCUT2D eigenvalue weighted by atomic mass is 10.3. The molecule has 0 saturated carbocycles. The molecule has 56 valence electrons. The van der Waals surface area contributed by atoms with Gasteiger partial charge in [-0.2, -0.15) is 0 Å². The van der Waals surface area contributed by atoms with E-state index >= 15 is 0 Å². The van der Waals surface area contributed by atoms with Crippen molar-refractivity contribution in [3.63, 3.8) is 0 Å². The Balaban J connectivity index is 2.37. The van der Waals surface area contributed by atoms with Gasteiger partial charge in [-0.1, -0.05) is 13.3 Å². The average molecular weight is 146 g/mol. The SMILES string of the molecule is CCS1(C)CCCCC1. The quantitative estimate of drug-likeness (QED) is 0.533. The van der Waals surface area contributed by atoms with Crippen LogP contribution in [0.1, 0.15) is 26.2 Å². The molecule has 1 saturated heterocycles. The first kappa shape index (κ1) is 7.46. The van der Waals surface area contributed by atoms with E-state index < -0.39 is 0 Å². The van der Waals surface area contributed by atoms with Gasteiger partial charge in [0.15, 0.2) is 0 Å². The summed E-state index contributed by atoms with van der Waals surface area (Å²) in [7, 11) is -0.0781. The third-order valence-electron chi connectivity index (χ3n) is 2.47. The van der Waals surface area contributed by atoms with E-state index in [9.17, 15) is 0 Å². The van der Waals surface area contributed by atoms with Gasteiger partial charge in [-0.25, -0.2) is 10.0 Å². The summed E-state index contributed by atoms with van der Waals surface area (Å²) in [6.45, 7) is 2.36. The Kier molecular flexibility index (Phi) is 2.45. The largest absolute Gasteiger partial charge is 0.244 e. The van der Waals surface area contributed by atoms with Crippen LogP contribution in [0.2, 0.25) is 0 Å². The highest BCUT2D eigenvalue weighted by Crippen LogP contribution is 2.48. The van der Waals surface area contributed by atoms with Crippen LogP contribution in [0.4, 0.5) is 0 Å². The standard InChI is InChI=1S/C8H18S/c1-3-9(2)7-5-4-6-8-9/h3-8H2,1-2H3. The molecule has 0 nitrogen and oxygen atoms in total. The maximum absolute atomic E-state index is 2.52. The minimum absolute atomic E-state index is 0.0781. The molecule has 0 aliphatic carbocycles. The molecule has 0 spiro atoms. The van der Waals surface area contributed by atoms with Crippen molar-refractivity contribution in [2.75, 3.05) is 23.5 Å². The van der Waals surface area contributed by atoms with Crippen molar-refractivity contribution in [3.05, 3.63) is 0 Å². The van der Waals surface area contributed by atoms with Gasteiger partial charge in [-0.05, 0) is 36.4 Å². The molecule has 9 heavy (non-hydrogen) atoms. The Morgan fingerprint density at radius 1 is 1.11 bits per heavy atom. The minimum atomic E-state index is -0.0781. The highest BCUT2D eigenvalue weighted by molar-refractivity contribution is 8.33. The van der Waals surface area contributed by atoms with Crippen molar-refractivity contribution in [3.8, 4) is 0 Å². The second-order valence-electron chi connectivity index (χ2n) is 3.24. The predicted molar refractivity (Wildman–Crippen MR) is 47.6 cm³/mol. The van der Waals surface area contributed by atoms with Crippen LogP contribution in [0.25, 0.3) is 0 Å². The summed E-state index contributed by atoms with van der Waals surface area (Å²) in [6, 6.07) is 0. The first-order valence-corrected chi connectivity index (χ1v) is 6.53. The van der Waals surface area contributed by atoms with E-state index in [0.29, 0.717) is 0 Å². The normalized spacial score (nSPS) is 29.6. The van der Waals surface area contributed by atoms with E-state index in [1.54, 1.807) is 11.5 Å². The Morgan fingerprint density at radius 2 is 1.67 bits per heavy atom. The van der Waals surface area contributed by atoms with Crippen LogP contribution in [0, 0.1) is 0 Å². The second-order valence-corrected chi connectivity index (χ2v) is 7.59. The van der Waals surface area contributed by atoms with Crippen LogP contribution in [0.3, 0.4) is 0 Å². The van der Waals surface area contributed by atoms with Crippen molar-refractivity contribution in [2.24, 2.45) is 0 Å². The first-order valence-electron chi connectivity index (χ1n) is 3.98. The van der Waals surface area contributed by atoms with E-state index in [1.165, 1.54) is 25.0 Å². The van der Waals surface area contributed by atoms with Gasteiger partial charge < -0.3 is 0 Å². The molecule has 0 aromatic rings. The van der Waals surface area contributed by atoms with Crippen molar-refractivity contribution in [2.45, 2.75) is 26.2 Å². The summed E-state index contributed by atoms with van der Waals surface area (Å²) >= 11 is 0. The molecule has 0 bridgehead atoms. The van der Waals surface area contributed by atoms with Crippen LogP contribution < -0.4 is 0 Å². The first-order chi connectivity index (χ1) is 4.27. The zero-order valence-corrected chi connectivity index (χ0v) is 7.47. The second kappa shape index (κ2) is 2.96. The van der Waals surface area contributed by atoms with E-state index in [0.717, 1.165) is 0 Å². The molecule has 1 aliphatic rings. The van der Waals surface area contributed by atoms with Crippen LogP contribution in [0.5, 0.6) is 0 Å². The van der Waals surface area contributed by atoms with Gasteiger partial charge in [0, 0.05) is 0 Å². The summed E-state index contributed by atoms with van der Waals surface area (Å²) < 4.78 is 0. The molecule has 0 N–H and O–H groups in total. The molecule has 0 radical (unpaired) electrons. The lowest BCUT2D eigenvalue weighted by Crippen LogP contribution is -2.15. The number of rotatable bonds is 1. The molecule has 1 rings (SSSR count). The van der Waals surface area contributed by atoms with Crippen molar-refractivity contribution in [1.82, 2.24) is 0 Å².